The molecule has 3 nitrogen and oxygen atoms in total. The zero-order valence-electron chi connectivity index (χ0n) is 15.5. The second kappa shape index (κ2) is 7.25. The van der Waals surface area contributed by atoms with Gasteiger partial charge in [0.25, 0.3) is 5.91 Å². The number of aromatic amines is 1. The third-order valence-electron chi connectivity index (χ3n) is 5.59. The minimum Gasteiger partial charge on any atom is -0.356 e. The minimum atomic E-state index is -0.229. The third kappa shape index (κ3) is 3.11. The lowest BCUT2D eigenvalue weighted by molar-refractivity contribution is 0.0692. The van der Waals surface area contributed by atoms with E-state index in [-0.39, 0.29) is 11.9 Å². The number of hydrogen-bond donors (Lipinski definition) is 1. The summed E-state index contributed by atoms with van der Waals surface area (Å²) >= 11 is 12.5. The van der Waals surface area contributed by atoms with E-state index in [0.717, 1.165) is 23.2 Å². The number of fused-ring (bicyclic) bond motifs is 3. The van der Waals surface area contributed by atoms with E-state index in [9.17, 15) is 4.79 Å². The third-order valence-corrected chi connectivity index (χ3v) is 6.17. The Morgan fingerprint density at radius 1 is 0.931 bits per heavy atom. The summed E-state index contributed by atoms with van der Waals surface area (Å²) in [4.78, 5) is 19.0. The lowest BCUT2D eigenvalue weighted by Crippen LogP contribution is -2.40. The van der Waals surface area contributed by atoms with Crippen LogP contribution in [0.5, 0.6) is 0 Å². The van der Waals surface area contributed by atoms with Gasteiger partial charge in [0, 0.05) is 28.2 Å². The first-order valence-corrected chi connectivity index (χ1v) is 10.3. The fourth-order valence-electron chi connectivity index (χ4n) is 4.24. The van der Waals surface area contributed by atoms with Crippen LogP contribution in [0.25, 0.3) is 10.9 Å². The minimum absolute atomic E-state index is 0.0696. The monoisotopic (exact) mass is 420 g/mol. The van der Waals surface area contributed by atoms with Gasteiger partial charge in [-0.3, -0.25) is 4.79 Å². The van der Waals surface area contributed by atoms with Gasteiger partial charge in [0.2, 0.25) is 0 Å². The van der Waals surface area contributed by atoms with Gasteiger partial charge in [0.05, 0.1) is 16.6 Å². The summed E-state index contributed by atoms with van der Waals surface area (Å²) < 4.78 is 0. The second-order valence-corrected chi connectivity index (χ2v) is 8.09. The summed E-state index contributed by atoms with van der Waals surface area (Å²) in [6.45, 7) is 0.617. The molecule has 1 unspecified atom stereocenters. The molecule has 0 saturated heterocycles. The molecule has 0 saturated carbocycles. The molecular formula is C24H18Cl2N2O. The lowest BCUT2D eigenvalue weighted by Gasteiger charge is -2.36. The average molecular weight is 421 g/mol. The number of benzene rings is 3. The molecule has 0 aliphatic carbocycles. The molecule has 5 rings (SSSR count). The first-order valence-electron chi connectivity index (χ1n) is 9.54. The Balaban J connectivity index is 1.68. The molecule has 1 aromatic heterocycles. The number of nitrogens with one attached hydrogen (secondary N) is 1. The van der Waals surface area contributed by atoms with E-state index in [1.165, 1.54) is 10.9 Å². The second-order valence-electron chi connectivity index (χ2n) is 7.25. The van der Waals surface area contributed by atoms with E-state index in [1.54, 1.807) is 12.1 Å². The van der Waals surface area contributed by atoms with Crippen LogP contribution >= 0.6 is 23.2 Å². The van der Waals surface area contributed by atoms with Gasteiger partial charge in [-0.05, 0) is 47.9 Å². The molecule has 1 amide bonds. The molecule has 1 aliphatic rings. The zero-order valence-corrected chi connectivity index (χ0v) is 17.0. The van der Waals surface area contributed by atoms with Crippen LogP contribution in [-0.4, -0.2) is 22.3 Å². The average Bonchev–Trinajstić information content (AvgIpc) is 3.12. The molecule has 29 heavy (non-hydrogen) atoms. The van der Waals surface area contributed by atoms with Crippen molar-refractivity contribution in [3.8, 4) is 0 Å². The van der Waals surface area contributed by atoms with Gasteiger partial charge in [0.15, 0.2) is 0 Å². The highest BCUT2D eigenvalue weighted by Gasteiger charge is 2.35. The maximum Gasteiger partial charge on any atom is 0.256 e. The standard InChI is InChI=1S/C24H18Cl2N2O/c25-16-11-9-15(10-12-16)23-22-18(17-5-2-4-8-21(17)27-22)13-14-28(23)24(29)19-6-1-3-7-20(19)26/h1-12,23,27H,13-14H2. The quantitative estimate of drug-likeness (QED) is 0.407. The number of halogens is 2. The number of carbonyl (C=O) groups excluding carboxylic acids is 1. The van der Waals surface area contributed by atoms with E-state index >= 15 is 0 Å². The van der Waals surface area contributed by atoms with Crippen LogP contribution < -0.4 is 0 Å². The fourth-order valence-corrected chi connectivity index (χ4v) is 4.58. The molecule has 1 aliphatic heterocycles. The summed E-state index contributed by atoms with van der Waals surface area (Å²) in [6, 6.07) is 23.0. The summed E-state index contributed by atoms with van der Waals surface area (Å²) in [7, 11) is 0. The maximum atomic E-state index is 13.5. The van der Waals surface area contributed by atoms with E-state index in [4.69, 9.17) is 23.2 Å². The molecule has 0 fully saturated rings. The highest BCUT2D eigenvalue weighted by atomic mass is 35.5. The summed E-state index contributed by atoms with van der Waals surface area (Å²) in [5.41, 5.74) is 4.95. The van der Waals surface area contributed by atoms with Crippen molar-refractivity contribution >= 4 is 40.0 Å². The molecule has 1 atom stereocenters. The molecule has 1 N–H and O–H groups in total. The van der Waals surface area contributed by atoms with Crippen molar-refractivity contribution in [1.29, 1.82) is 0 Å². The molecule has 0 spiro atoms. The normalized spacial score (nSPS) is 16.1. The largest absolute Gasteiger partial charge is 0.356 e. The number of nitrogens with zero attached hydrogens (tertiary/aromatic N) is 1. The molecule has 2 heterocycles. The maximum absolute atomic E-state index is 13.5. The van der Waals surface area contributed by atoms with E-state index in [0.29, 0.717) is 22.2 Å². The Labute approximate surface area is 178 Å². The van der Waals surface area contributed by atoms with Crippen molar-refractivity contribution in [2.75, 3.05) is 6.54 Å². The number of carbonyl (C=O) groups is 1. The molecule has 5 heteroatoms. The van der Waals surface area contributed by atoms with Crippen molar-refractivity contribution < 1.29 is 4.79 Å². The first-order chi connectivity index (χ1) is 14.1. The molecular weight excluding hydrogens is 403 g/mol. The molecule has 4 aromatic rings. The van der Waals surface area contributed by atoms with Crippen molar-refractivity contribution in [2.45, 2.75) is 12.5 Å². The molecule has 0 bridgehead atoms. The van der Waals surface area contributed by atoms with Crippen molar-refractivity contribution in [3.05, 3.63) is 105 Å². The Bertz CT molecular complexity index is 1210. The lowest BCUT2D eigenvalue weighted by atomic mass is 9.91. The number of hydrogen-bond acceptors (Lipinski definition) is 1. The van der Waals surface area contributed by atoms with Gasteiger partial charge in [-0.25, -0.2) is 0 Å². The van der Waals surface area contributed by atoms with Crippen LogP contribution in [0.2, 0.25) is 10.0 Å². The van der Waals surface area contributed by atoms with Crippen LogP contribution in [-0.2, 0) is 6.42 Å². The number of amides is 1. The summed E-state index contributed by atoms with van der Waals surface area (Å²) in [6.07, 6.45) is 0.791. The fraction of sp³-hybridized carbons (Fsp3) is 0.125. The predicted octanol–water partition coefficient (Wildman–Crippen LogP) is 6.26. The SMILES string of the molecule is O=C(c1ccccc1Cl)N1CCc2c([nH]c3ccccc23)C1c1ccc(Cl)cc1. The Hall–Kier alpha value is -2.75. The van der Waals surface area contributed by atoms with E-state index < -0.39 is 0 Å². The molecule has 0 radical (unpaired) electrons. The van der Waals surface area contributed by atoms with Gasteiger partial charge >= 0.3 is 0 Å². The smallest absolute Gasteiger partial charge is 0.256 e. The van der Waals surface area contributed by atoms with Crippen LogP contribution in [0.4, 0.5) is 0 Å². The van der Waals surface area contributed by atoms with E-state index in [2.05, 4.69) is 23.2 Å². The highest BCUT2D eigenvalue weighted by Crippen LogP contribution is 2.39. The molecule has 3 aromatic carbocycles. The van der Waals surface area contributed by atoms with Gasteiger partial charge in [-0.1, -0.05) is 65.7 Å². The predicted molar refractivity (Wildman–Crippen MR) is 118 cm³/mol. The van der Waals surface area contributed by atoms with Crippen molar-refractivity contribution in [3.63, 3.8) is 0 Å². The Morgan fingerprint density at radius 3 is 2.45 bits per heavy atom. The Kier molecular flexibility index (Phi) is 4.57. The topological polar surface area (TPSA) is 36.1 Å². The summed E-state index contributed by atoms with van der Waals surface area (Å²) in [5.74, 6) is -0.0696. The van der Waals surface area contributed by atoms with Crippen LogP contribution in [0.15, 0.2) is 72.8 Å². The van der Waals surface area contributed by atoms with Crippen molar-refractivity contribution in [2.24, 2.45) is 0 Å². The number of para-hydroxylation sites is 1. The van der Waals surface area contributed by atoms with Crippen LogP contribution in [0, 0.1) is 0 Å². The van der Waals surface area contributed by atoms with Crippen LogP contribution in [0.1, 0.15) is 33.2 Å². The van der Waals surface area contributed by atoms with Gasteiger partial charge in [-0.15, -0.1) is 0 Å². The Morgan fingerprint density at radius 2 is 1.66 bits per heavy atom. The number of H-pyrrole nitrogens is 1. The number of aromatic nitrogens is 1. The van der Waals surface area contributed by atoms with E-state index in [1.807, 2.05) is 47.4 Å². The van der Waals surface area contributed by atoms with Gasteiger partial charge < -0.3 is 9.88 Å². The number of rotatable bonds is 2. The summed E-state index contributed by atoms with van der Waals surface area (Å²) in [5, 5.41) is 2.35. The zero-order chi connectivity index (χ0) is 20.0. The van der Waals surface area contributed by atoms with Gasteiger partial charge in [-0.2, -0.15) is 0 Å². The highest BCUT2D eigenvalue weighted by molar-refractivity contribution is 6.33. The molecule has 144 valence electrons. The van der Waals surface area contributed by atoms with Gasteiger partial charge in [0.1, 0.15) is 0 Å². The van der Waals surface area contributed by atoms with Crippen molar-refractivity contribution in [1.82, 2.24) is 9.88 Å². The first kappa shape index (κ1) is 18.3. The van der Waals surface area contributed by atoms with Crippen LogP contribution in [0.3, 0.4) is 0 Å².